The molecule has 0 aliphatic carbocycles. The molecule has 1 aliphatic heterocycles. The van der Waals surface area contributed by atoms with Crippen molar-refractivity contribution in [2.75, 3.05) is 26.7 Å². The number of methoxy groups -OCH3 is 1. The van der Waals surface area contributed by atoms with Gasteiger partial charge in [-0.25, -0.2) is 9.59 Å². The van der Waals surface area contributed by atoms with Gasteiger partial charge in [0.05, 0.1) is 7.11 Å². The first kappa shape index (κ1) is 15.6. The Balaban J connectivity index is 2.33. The van der Waals surface area contributed by atoms with Crippen molar-refractivity contribution in [1.29, 1.82) is 0 Å². The molecule has 0 spiro atoms. The first-order valence-electron chi connectivity index (χ1n) is 6.61. The van der Waals surface area contributed by atoms with Crippen molar-refractivity contribution in [3.63, 3.8) is 0 Å². The summed E-state index contributed by atoms with van der Waals surface area (Å²) < 4.78 is 9.87. The van der Waals surface area contributed by atoms with Crippen molar-refractivity contribution in [3.8, 4) is 0 Å². The van der Waals surface area contributed by atoms with E-state index < -0.39 is 11.7 Å². The number of alkyl carbamates (subject to hydrolysis) is 1. The molecular formula is C13H24N2O4. The molecule has 0 aromatic carbocycles. The number of carbonyl (C=O) groups is 2. The number of likely N-dealkylation sites (tertiary alicyclic amines) is 1. The molecule has 1 aliphatic rings. The Labute approximate surface area is 114 Å². The van der Waals surface area contributed by atoms with Crippen LogP contribution in [0.15, 0.2) is 0 Å². The van der Waals surface area contributed by atoms with Crippen molar-refractivity contribution < 1.29 is 19.1 Å². The third-order valence-electron chi connectivity index (χ3n) is 2.89. The molecule has 1 atom stereocenters. The van der Waals surface area contributed by atoms with Crippen molar-refractivity contribution >= 4 is 12.2 Å². The van der Waals surface area contributed by atoms with Gasteiger partial charge in [-0.15, -0.1) is 0 Å². The van der Waals surface area contributed by atoms with E-state index in [1.165, 1.54) is 7.11 Å². The van der Waals surface area contributed by atoms with E-state index in [9.17, 15) is 9.59 Å². The van der Waals surface area contributed by atoms with Crippen LogP contribution in [0.1, 0.15) is 33.6 Å². The van der Waals surface area contributed by atoms with E-state index in [1.54, 1.807) is 4.90 Å². The van der Waals surface area contributed by atoms with Crippen molar-refractivity contribution in [3.05, 3.63) is 0 Å². The predicted molar refractivity (Wildman–Crippen MR) is 70.9 cm³/mol. The van der Waals surface area contributed by atoms with Crippen LogP contribution in [0.5, 0.6) is 0 Å². The van der Waals surface area contributed by atoms with Gasteiger partial charge < -0.3 is 19.7 Å². The number of nitrogens with one attached hydrogen (secondary N) is 1. The van der Waals surface area contributed by atoms with Crippen molar-refractivity contribution in [1.82, 2.24) is 10.2 Å². The zero-order valence-electron chi connectivity index (χ0n) is 12.2. The summed E-state index contributed by atoms with van der Waals surface area (Å²) in [7, 11) is 1.38. The largest absolute Gasteiger partial charge is 0.453 e. The van der Waals surface area contributed by atoms with Crippen molar-refractivity contribution in [2.45, 2.75) is 39.2 Å². The highest BCUT2D eigenvalue weighted by Crippen LogP contribution is 2.16. The van der Waals surface area contributed by atoms with Crippen LogP contribution in [-0.4, -0.2) is 49.4 Å². The third-order valence-corrected chi connectivity index (χ3v) is 2.89. The lowest BCUT2D eigenvalue weighted by Crippen LogP contribution is -2.44. The minimum absolute atomic E-state index is 0.250. The lowest BCUT2D eigenvalue weighted by Gasteiger charge is -2.31. The highest BCUT2D eigenvalue weighted by atomic mass is 16.6. The fourth-order valence-electron chi connectivity index (χ4n) is 2.07. The zero-order chi connectivity index (χ0) is 14.5. The molecular weight excluding hydrogens is 248 g/mol. The molecule has 0 aromatic heterocycles. The summed E-state index contributed by atoms with van der Waals surface area (Å²) in [5.74, 6) is 0.250. The van der Waals surface area contributed by atoms with E-state index in [4.69, 9.17) is 9.47 Å². The van der Waals surface area contributed by atoms with Crippen LogP contribution in [0.25, 0.3) is 0 Å². The molecule has 6 heteroatoms. The van der Waals surface area contributed by atoms with Gasteiger partial charge in [-0.3, -0.25) is 0 Å². The number of hydrogen-bond donors (Lipinski definition) is 1. The number of rotatable bonds is 2. The van der Waals surface area contributed by atoms with E-state index in [0.717, 1.165) is 19.4 Å². The minimum atomic E-state index is -0.491. The molecule has 19 heavy (non-hydrogen) atoms. The maximum atomic E-state index is 11.5. The average Bonchev–Trinajstić information content (AvgIpc) is 2.34. The Hall–Kier alpha value is -1.46. The highest BCUT2D eigenvalue weighted by molar-refractivity contribution is 5.68. The average molecular weight is 272 g/mol. The maximum Gasteiger partial charge on any atom is 0.409 e. The van der Waals surface area contributed by atoms with E-state index >= 15 is 0 Å². The van der Waals surface area contributed by atoms with Gasteiger partial charge in [-0.2, -0.15) is 0 Å². The topological polar surface area (TPSA) is 67.9 Å². The van der Waals surface area contributed by atoms with Gasteiger partial charge in [-0.05, 0) is 39.5 Å². The van der Waals surface area contributed by atoms with Crippen LogP contribution in [0.4, 0.5) is 9.59 Å². The number of amides is 2. The van der Waals surface area contributed by atoms with Crippen LogP contribution in [0, 0.1) is 5.92 Å². The summed E-state index contributed by atoms with van der Waals surface area (Å²) in [5.41, 5.74) is -0.491. The normalized spacial score (nSPS) is 19.8. The summed E-state index contributed by atoms with van der Waals surface area (Å²) in [5, 5.41) is 2.75. The number of nitrogens with zero attached hydrogens (tertiary/aromatic N) is 1. The monoisotopic (exact) mass is 272 g/mol. The van der Waals surface area contributed by atoms with Crippen LogP contribution >= 0.6 is 0 Å². The molecule has 0 aromatic rings. The molecule has 6 nitrogen and oxygen atoms in total. The molecule has 1 unspecified atom stereocenters. The van der Waals surface area contributed by atoms with Crippen LogP contribution in [-0.2, 0) is 9.47 Å². The summed E-state index contributed by atoms with van der Waals surface area (Å²) >= 11 is 0. The molecule has 0 saturated carbocycles. The van der Waals surface area contributed by atoms with Gasteiger partial charge in [0, 0.05) is 19.6 Å². The van der Waals surface area contributed by atoms with Gasteiger partial charge in [0.15, 0.2) is 0 Å². The summed E-state index contributed by atoms with van der Waals surface area (Å²) in [4.78, 5) is 24.6. The standard InChI is InChI=1S/C13H24N2O4/c1-13(2,3)19-11(16)14-8-10-6-5-7-15(9-10)12(17)18-4/h10H,5-9H2,1-4H3,(H,14,16). The number of piperidine rings is 1. The third kappa shape index (κ3) is 5.81. The molecule has 1 fully saturated rings. The molecule has 2 amide bonds. The van der Waals surface area contributed by atoms with Crippen LogP contribution in [0.3, 0.4) is 0 Å². The van der Waals surface area contributed by atoms with Gasteiger partial charge in [0.2, 0.25) is 0 Å². The molecule has 1 rings (SSSR count). The second-order valence-corrected chi connectivity index (χ2v) is 5.81. The Bertz CT molecular complexity index is 325. The molecule has 1 saturated heterocycles. The van der Waals surface area contributed by atoms with Gasteiger partial charge in [0.25, 0.3) is 0 Å². The highest BCUT2D eigenvalue weighted by Gasteiger charge is 2.25. The lowest BCUT2D eigenvalue weighted by molar-refractivity contribution is 0.0506. The second-order valence-electron chi connectivity index (χ2n) is 5.81. The van der Waals surface area contributed by atoms with E-state index in [-0.39, 0.29) is 12.0 Å². The molecule has 0 radical (unpaired) electrons. The number of hydrogen-bond acceptors (Lipinski definition) is 4. The number of carbonyl (C=O) groups excluding carboxylic acids is 2. The van der Waals surface area contributed by atoms with Gasteiger partial charge in [0.1, 0.15) is 5.60 Å². The Morgan fingerprint density at radius 1 is 1.37 bits per heavy atom. The zero-order valence-corrected chi connectivity index (χ0v) is 12.2. The smallest absolute Gasteiger partial charge is 0.409 e. The Morgan fingerprint density at radius 2 is 2.05 bits per heavy atom. The van der Waals surface area contributed by atoms with E-state index in [2.05, 4.69) is 5.32 Å². The van der Waals surface area contributed by atoms with Crippen molar-refractivity contribution in [2.24, 2.45) is 5.92 Å². The fourth-order valence-corrected chi connectivity index (χ4v) is 2.07. The summed E-state index contributed by atoms with van der Waals surface area (Å²) in [6.07, 6.45) is 1.20. The summed E-state index contributed by atoms with van der Waals surface area (Å²) in [6, 6.07) is 0. The first-order valence-corrected chi connectivity index (χ1v) is 6.61. The fraction of sp³-hybridized carbons (Fsp3) is 0.846. The number of ether oxygens (including phenoxy) is 2. The van der Waals surface area contributed by atoms with Gasteiger partial charge >= 0.3 is 12.2 Å². The molecule has 1 N–H and O–H groups in total. The van der Waals surface area contributed by atoms with E-state index in [1.807, 2.05) is 20.8 Å². The molecule has 110 valence electrons. The van der Waals surface area contributed by atoms with Crippen LogP contribution in [0.2, 0.25) is 0 Å². The second kappa shape index (κ2) is 6.63. The molecule has 1 heterocycles. The lowest BCUT2D eigenvalue weighted by atomic mass is 9.98. The summed E-state index contributed by atoms with van der Waals surface area (Å²) in [6.45, 7) is 7.32. The molecule has 0 bridgehead atoms. The SMILES string of the molecule is COC(=O)N1CCCC(CNC(=O)OC(C)(C)C)C1. The predicted octanol–water partition coefficient (Wildman–Crippen LogP) is 1.99. The minimum Gasteiger partial charge on any atom is -0.453 e. The van der Waals surface area contributed by atoms with Crippen LogP contribution < -0.4 is 5.32 Å². The Morgan fingerprint density at radius 3 is 2.63 bits per heavy atom. The maximum absolute atomic E-state index is 11.5. The quantitative estimate of drug-likeness (QED) is 0.834. The Kier molecular flexibility index (Phi) is 5.44. The first-order chi connectivity index (χ1) is 8.81. The van der Waals surface area contributed by atoms with E-state index in [0.29, 0.717) is 13.1 Å². The van der Waals surface area contributed by atoms with Gasteiger partial charge in [-0.1, -0.05) is 0 Å².